The molecule has 7 nitrogen and oxygen atoms in total. The number of rotatable bonds is 12. The third kappa shape index (κ3) is 15.0. The standard InChI is InChI=1S/C14H30N4O3/c1-11(2)9-15-17-13(19)5-7-21-8-6-14(20)18-16-10-12(3)4/h11-12,15-16H,5-10H2,1-4H3,(H,17,19)(H,18,20). The van der Waals surface area contributed by atoms with E-state index in [1.807, 2.05) is 0 Å². The number of nitrogens with one attached hydrogen (secondary N) is 4. The van der Waals surface area contributed by atoms with E-state index in [9.17, 15) is 9.59 Å². The van der Waals surface area contributed by atoms with Crippen LogP contribution in [-0.2, 0) is 14.3 Å². The molecular weight excluding hydrogens is 272 g/mol. The fourth-order valence-electron chi connectivity index (χ4n) is 1.26. The van der Waals surface area contributed by atoms with Gasteiger partial charge < -0.3 is 4.74 Å². The second-order valence-corrected chi connectivity index (χ2v) is 5.76. The summed E-state index contributed by atoms with van der Waals surface area (Å²) in [7, 11) is 0. The molecule has 124 valence electrons. The molecule has 0 atom stereocenters. The molecule has 0 saturated carbocycles. The van der Waals surface area contributed by atoms with Crippen LogP contribution < -0.4 is 21.7 Å². The molecule has 0 aliphatic rings. The first kappa shape index (κ1) is 19.8. The van der Waals surface area contributed by atoms with Gasteiger partial charge in [0.15, 0.2) is 0 Å². The summed E-state index contributed by atoms with van der Waals surface area (Å²) >= 11 is 0. The Morgan fingerprint density at radius 1 is 0.810 bits per heavy atom. The van der Waals surface area contributed by atoms with Gasteiger partial charge in [0, 0.05) is 13.1 Å². The minimum atomic E-state index is -0.112. The van der Waals surface area contributed by atoms with Crippen molar-refractivity contribution in [2.24, 2.45) is 11.8 Å². The average Bonchev–Trinajstić information content (AvgIpc) is 2.37. The van der Waals surface area contributed by atoms with Crippen LogP contribution in [0.4, 0.5) is 0 Å². The zero-order valence-electron chi connectivity index (χ0n) is 13.6. The zero-order valence-corrected chi connectivity index (χ0v) is 13.6. The van der Waals surface area contributed by atoms with Gasteiger partial charge in [0.2, 0.25) is 11.8 Å². The molecule has 0 aromatic rings. The molecule has 0 unspecified atom stereocenters. The Balaban J connectivity index is 3.38. The quantitative estimate of drug-likeness (QED) is 0.308. The Kier molecular flexibility index (Phi) is 11.8. The maximum absolute atomic E-state index is 11.4. The van der Waals surface area contributed by atoms with Gasteiger partial charge >= 0.3 is 0 Å². The van der Waals surface area contributed by atoms with E-state index in [1.54, 1.807) is 0 Å². The van der Waals surface area contributed by atoms with Crippen LogP contribution in [-0.4, -0.2) is 38.1 Å². The Bertz CT molecular complexity index is 268. The van der Waals surface area contributed by atoms with Crippen molar-refractivity contribution in [2.75, 3.05) is 26.3 Å². The SMILES string of the molecule is CC(C)CNNC(=O)CCOCCC(=O)NNCC(C)C. The summed E-state index contributed by atoms with van der Waals surface area (Å²) in [5.41, 5.74) is 10.9. The van der Waals surface area contributed by atoms with E-state index >= 15 is 0 Å². The van der Waals surface area contributed by atoms with Gasteiger partial charge in [0.25, 0.3) is 0 Å². The van der Waals surface area contributed by atoms with Gasteiger partial charge in [-0.25, -0.2) is 10.9 Å². The van der Waals surface area contributed by atoms with E-state index < -0.39 is 0 Å². The van der Waals surface area contributed by atoms with Crippen LogP contribution in [0.25, 0.3) is 0 Å². The molecule has 0 aliphatic heterocycles. The van der Waals surface area contributed by atoms with Crippen molar-refractivity contribution in [2.45, 2.75) is 40.5 Å². The molecular formula is C14H30N4O3. The summed E-state index contributed by atoms with van der Waals surface area (Å²) in [6.07, 6.45) is 0.552. The first-order valence-corrected chi connectivity index (χ1v) is 7.53. The van der Waals surface area contributed by atoms with Crippen LogP contribution >= 0.6 is 0 Å². The van der Waals surface area contributed by atoms with Gasteiger partial charge in [0.1, 0.15) is 0 Å². The maximum Gasteiger partial charge on any atom is 0.236 e. The van der Waals surface area contributed by atoms with Crippen molar-refractivity contribution in [1.29, 1.82) is 0 Å². The number of hydrogen-bond donors (Lipinski definition) is 4. The van der Waals surface area contributed by atoms with Crippen LogP contribution in [0.5, 0.6) is 0 Å². The zero-order chi connectivity index (χ0) is 16.1. The van der Waals surface area contributed by atoms with E-state index in [-0.39, 0.29) is 24.7 Å². The van der Waals surface area contributed by atoms with E-state index in [0.717, 1.165) is 13.1 Å². The summed E-state index contributed by atoms with van der Waals surface area (Å²) in [6, 6.07) is 0. The molecule has 0 aromatic carbocycles. The largest absolute Gasteiger partial charge is 0.380 e. The Morgan fingerprint density at radius 3 is 1.52 bits per heavy atom. The molecule has 7 heteroatoms. The highest BCUT2D eigenvalue weighted by molar-refractivity contribution is 5.75. The molecule has 0 saturated heterocycles. The summed E-state index contributed by atoms with van der Waals surface area (Å²) in [4.78, 5) is 22.8. The fourth-order valence-corrected chi connectivity index (χ4v) is 1.26. The third-order valence-electron chi connectivity index (χ3n) is 2.42. The Labute approximate surface area is 127 Å². The molecule has 0 fully saturated rings. The number of hydrazine groups is 2. The van der Waals surface area contributed by atoms with Crippen LogP contribution in [0.2, 0.25) is 0 Å². The fraction of sp³-hybridized carbons (Fsp3) is 0.857. The average molecular weight is 302 g/mol. The van der Waals surface area contributed by atoms with Crippen LogP contribution in [0.15, 0.2) is 0 Å². The van der Waals surface area contributed by atoms with E-state index in [0.29, 0.717) is 25.0 Å². The predicted octanol–water partition coefficient (Wildman–Crippen LogP) is 0.337. The van der Waals surface area contributed by atoms with Crippen molar-refractivity contribution in [1.82, 2.24) is 21.7 Å². The van der Waals surface area contributed by atoms with Gasteiger partial charge in [-0.15, -0.1) is 0 Å². The smallest absolute Gasteiger partial charge is 0.236 e. The molecule has 4 N–H and O–H groups in total. The van der Waals surface area contributed by atoms with Crippen molar-refractivity contribution in [3.05, 3.63) is 0 Å². The topological polar surface area (TPSA) is 91.5 Å². The van der Waals surface area contributed by atoms with Gasteiger partial charge in [-0.3, -0.25) is 20.4 Å². The number of amides is 2. The highest BCUT2D eigenvalue weighted by atomic mass is 16.5. The summed E-state index contributed by atoms with van der Waals surface area (Å²) in [6.45, 7) is 10.3. The second-order valence-electron chi connectivity index (χ2n) is 5.76. The minimum Gasteiger partial charge on any atom is -0.380 e. The number of carbonyl (C=O) groups is 2. The summed E-state index contributed by atoms with van der Waals surface area (Å²) in [5, 5.41) is 0. The maximum atomic E-state index is 11.4. The monoisotopic (exact) mass is 302 g/mol. The predicted molar refractivity (Wildman–Crippen MR) is 82.0 cm³/mol. The molecule has 21 heavy (non-hydrogen) atoms. The summed E-state index contributed by atoms with van der Waals surface area (Å²) < 4.78 is 5.25. The molecule has 0 bridgehead atoms. The van der Waals surface area contributed by atoms with Crippen molar-refractivity contribution in [3.8, 4) is 0 Å². The van der Waals surface area contributed by atoms with Gasteiger partial charge in [0.05, 0.1) is 26.1 Å². The Morgan fingerprint density at radius 2 is 1.19 bits per heavy atom. The number of ether oxygens (including phenoxy) is 1. The van der Waals surface area contributed by atoms with E-state index in [2.05, 4.69) is 49.4 Å². The molecule has 0 rings (SSSR count). The number of carbonyl (C=O) groups excluding carboxylic acids is 2. The first-order chi connectivity index (χ1) is 9.91. The lowest BCUT2D eigenvalue weighted by Gasteiger charge is -2.10. The van der Waals surface area contributed by atoms with Gasteiger partial charge in [-0.1, -0.05) is 27.7 Å². The lowest BCUT2D eigenvalue weighted by molar-refractivity contribution is -0.123. The number of hydrogen-bond acceptors (Lipinski definition) is 5. The molecule has 0 aliphatic carbocycles. The van der Waals surface area contributed by atoms with E-state index in [4.69, 9.17) is 4.74 Å². The normalized spacial score (nSPS) is 11.0. The van der Waals surface area contributed by atoms with Crippen molar-refractivity contribution >= 4 is 11.8 Å². The lowest BCUT2D eigenvalue weighted by Crippen LogP contribution is -2.40. The minimum absolute atomic E-state index is 0.112. The van der Waals surface area contributed by atoms with Gasteiger partial charge in [-0.2, -0.15) is 0 Å². The second kappa shape index (κ2) is 12.6. The van der Waals surface area contributed by atoms with Crippen molar-refractivity contribution in [3.63, 3.8) is 0 Å². The molecule has 0 aromatic heterocycles. The van der Waals surface area contributed by atoms with Crippen molar-refractivity contribution < 1.29 is 14.3 Å². The van der Waals surface area contributed by atoms with Crippen LogP contribution in [0, 0.1) is 11.8 Å². The van der Waals surface area contributed by atoms with Crippen LogP contribution in [0.1, 0.15) is 40.5 Å². The van der Waals surface area contributed by atoms with Gasteiger partial charge in [-0.05, 0) is 11.8 Å². The van der Waals surface area contributed by atoms with Crippen LogP contribution in [0.3, 0.4) is 0 Å². The first-order valence-electron chi connectivity index (χ1n) is 7.53. The molecule has 0 spiro atoms. The van der Waals surface area contributed by atoms with E-state index in [1.165, 1.54) is 0 Å². The molecule has 0 heterocycles. The molecule has 0 radical (unpaired) electrons. The highest BCUT2D eigenvalue weighted by Crippen LogP contribution is 1.89. The Hall–Kier alpha value is -1.18. The summed E-state index contributed by atoms with van der Waals surface area (Å²) in [5.74, 6) is 0.728. The highest BCUT2D eigenvalue weighted by Gasteiger charge is 2.03. The third-order valence-corrected chi connectivity index (χ3v) is 2.42. The molecule has 2 amide bonds. The lowest BCUT2D eigenvalue weighted by atomic mass is 10.2.